The van der Waals surface area contributed by atoms with Crippen molar-refractivity contribution in [2.75, 3.05) is 0 Å². The van der Waals surface area contributed by atoms with E-state index in [-0.39, 0.29) is 5.56 Å². The van der Waals surface area contributed by atoms with Gasteiger partial charge in [0.05, 0.1) is 16.8 Å². The lowest BCUT2D eigenvalue weighted by Crippen LogP contribution is -2.15. The third kappa shape index (κ3) is 3.62. The highest BCUT2D eigenvalue weighted by Crippen LogP contribution is 2.34. The van der Waals surface area contributed by atoms with E-state index in [0.29, 0.717) is 5.75 Å². The van der Waals surface area contributed by atoms with Gasteiger partial charge in [0.25, 0.3) is 5.56 Å². The van der Waals surface area contributed by atoms with Gasteiger partial charge in [-0.25, -0.2) is 4.98 Å². The molecule has 0 aliphatic rings. The van der Waals surface area contributed by atoms with Gasteiger partial charge in [0.15, 0.2) is 0 Å². The molecule has 0 saturated heterocycles. The normalized spacial score (nSPS) is 11.2. The second-order valence-electron chi connectivity index (χ2n) is 6.47. The minimum absolute atomic E-state index is 0.138. The molecule has 4 heterocycles. The molecule has 0 amide bonds. The molecule has 0 radical (unpaired) electrons. The Hall–Kier alpha value is -3.16. The van der Waals surface area contributed by atoms with Crippen LogP contribution >= 0.6 is 23.1 Å². The standard InChI is InChI=1S/C22H16N4OS2/c27-21-11-17(14-29-20-8-4-5-9-23-20)25-22-18(12-24-26(21)22)19-10-16(13-28-19)15-6-2-1-3-7-15/h1-13,25H,14H2. The van der Waals surface area contributed by atoms with Crippen LogP contribution in [0.25, 0.3) is 27.2 Å². The van der Waals surface area contributed by atoms with Gasteiger partial charge in [-0.1, -0.05) is 36.4 Å². The fourth-order valence-electron chi connectivity index (χ4n) is 3.14. The average molecular weight is 417 g/mol. The number of thioether (sulfide) groups is 1. The predicted octanol–water partition coefficient (Wildman–Crippen LogP) is 5.11. The first-order valence-corrected chi connectivity index (χ1v) is 10.9. The zero-order valence-corrected chi connectivity index (χ0v) is 16.9. The number of benzene rings is 1. The van der Waals surface area contributed by atoms with Gasteiger partial charge in [-0.3, -0.25) is 4.79 Å². The van der Waals surface area contributed by atoms with Gasteiger partial charge in [-0.15, -0.1) is 23.1 Å². The van der Waals surface area contributed by atoms with E-state index in [1.54, 1.807) is 41.6 Å². The third-order valence-corrected chi connectivity index (χ3v) is 6.50. The van der Waals surface area contributed by atoms with Crippen molar-refractivity contribution in [3.8, 4) is 21.6 Å². The summed E-state index contributed by atoms with van der Waals surface area (Å²) in [5.74, 6) is 0.632. The molecule has 7 heteroatoms. The van der Waals surface area contributed by atoms with Gasteiger partial charge in [-0.05, 0) is 34.7 Å². The number of thiophene rings is 1. The van der Waals surface area contributed by atoms with Gasteiger partial charge in [0, 0.05) is 28.6 Å². The second-order valence-corrected chi connectivity index (χ2v) is 8.38. The number of nitrogens with zero attached hydrogens (tertiary/aromatic N) is 3. The van der Waals surface area contributed by atoms with E-state index in [0.717, 1.165) is 32.4 Å². The lowest BCUT2D eigenvalue weighted by molar-refractivity contribution is 0.888. The molecular weight excluding hydrogens is 400 g/mol. The maximum atomic E-state index is 12.5. The number of nitrogens with one attached hydrogen (secondary N) is 1. The fraction of sp³-hybridized carbons (Fsp3) is 0.0455. The number of aromatic nitrogens is 4. The highest BCUT2D eigenvalue weighted by atomic mass is 32.2. The van der Waals surface area contributed by atoms with E-state index in [2.05, 4.69) is 38.6 Å². The minimum Gasteiger partial charge on any atom is -0.342 e. The molecule has 5 nitrogen and oxygen atoms in total. The van der Waals surface area contributed by atoms with Crippen LogP contribution in [0.2, 0.25) is 0 Å². The van der Waals surface area contributed by atoms with Gasteiger partial charge < -0.3 is 4.98 Å². The van der Waals surface area contributed by atoms with Crippen molar-refractivity contribution in [3.05, 3.63) is 94.5 Å². The van der Waals surface area contributed by atoms with Crippen LogP contribution in [0.5, 0.6) is 0 Å². The molecule has 4 aromatic heterocycles. The van der Waals surface area contributed by atoms with Crippen molar-refractivity contribution in [1.82, 2.24) is 19.6 Å². The molecule has 0 aliphatic carbocycles. The lowest BCUT2D eigenvalue weighted by Gasteiger charge is -2.03. The molecule has 1 aromatic carbocycles. The first-order chi connectivity index (χ1) is 14.3. The summed E-state index contributed by atoms with van der Waals surface area (Å²) < 4.78 is 1.42. The molecule has 29 heavy (non-hydrogen) atoms. The summed E-state index contributed by atoms with van der Waals surface area (Å²) in [5, 5.41) is 7.35. The third-order valence-electron chi connectivity index (χ3n) is 4.54. The number of hydrogen-bond acceptors (Lipinski definition) is 5. The maximum absolute atomic E-state index is 12.5. The topological polar surface area (TPSA) is 63.0 Å². The van der Waals surface area contributed by atoms with Gasteiger partial charge >= 0.3 is 0 Å². The van der Waals surface area contributed by atoms with Crippen molar-refractivity contribution >= 4 is 28.7 Å². The maximum Gasteiger partial charge on any atom is 0.274 e. The number of H-pyrrole nitrogens is 1. The Morgan fingerprint density at radius 1 is 1.03 bits per heavy atom. The Kier molecular flexibility index (Phi) is 4.75. The van der Waals surface area contributed by atoms with Gasteiger partial charge in [-0.2, -0.15) is 9.61 Å². The molecule has 1 N–H and O–H groups in total. The molecule has 0 saturated carbocycles. The highest BCUT2D eigenvalue weighted by Gasteiger charge is 2.13. The predicted molar refractivity (Wildman–Crippen MR) is 118 cm³/mol. The summed E-state index contributed by atoms with van der Waals surface area (Å²) in [6, 6.07) is 19.8. The van der Waals surface area contributed by atoms with Crippen molar-refractivity contribution in [2.24, 2.45) is 0 Å². The van der Waals surface area contributed by atoms with E-state index in [4.69, 9.17) is 0 Å². The Morgan fingerprint density at radius 3 is 2.72 bits per heavy atom. The Morgan fingerprint density at radius 2 is 1.90 bits per heavy atom. The fourth-order valence-corrected chi connectivity index (χ4v) is 4.83. The van der Waals surface area contributed by atoms with Crippen LogP contribution in [0.1, 0.15) is 5.69 Å². The molecule has 0 fully saturated rings. The van der Waals surface area contributed by atoms with E-state index in [1.807, 2.05) is 36.4 Å². The van der Waals surface area contributed by atoms with Crippen molar-refractivity contribution < 1.29 is 0 Å². The zero-order chi connectivity index (χ0) is 19.6. The van der Waals surface area contributed by atoms with Crippen LogP contribution in [0.4, 0.5) is 0 Å². The lowest BCUT2D eigenvalue weighted by atomic mass is 10.1. The second kappa shape index (κ2) is 7.69. The molecule has 0 bridgehead atoms. The first-order valence-electron chi connectivity index (χ1n) is 9.06. The largest absolute Gasteiger partial charge is 0.342 e. The number of rotatable bonds is 5. The minimum atomic E-state index is -0.138. The molecule has 5 aromatic rings. The van der Waals surface area contributed by atoms with Crippen LogP contribution in [-0.2, 0) is 5.75 Å². The van der Waals surface area contributed by atoms with Gasteiger partial charge in [0.1, 0.15) is 5.65 Å². The SMILES string of the molecule is O=c1cc(CSc2ccccn2)[nH]c2c(-c3cc(-c4ccccc4)cs3)cnn12. The summed E-state index contributed by atoms with van der Waals surface area (Å²) in [6.07, 6.45) is 3.52. The van der Waals surface area contributed by atoms with Crippen LogP contribution in [-0.4, -0.2) is 19.6 Å². The molecule has 142 valence electrons. The Balaban J connectivity index is 1.50. The van der Waals surface area contributed by atoms with Crippen LogP contribution in [0.3, 0.4) is 0 Å². The zero-order valence-electron chi connectivity index (χ0n) is 15.3. The van der Waals surface area contributed by atoms with Crippen molar-refractivity contribution in [3.63, 3.8) is 0 Å². The monoisotopic (exact) mass is 416 g/mol. The average Bonchev–Trinajstić information content (AvgIpc) is 3.41. The number of pyridine rings is 1. The summed E-state index contributed by atoms with van der Waals surface area (Å²) in [4.78, 5) is 21.3. The smallest absolute Gasteiger partial charge is 0.274 e. The van der Waals surface area contributed by atoms with E-state index >= 15 is 0 Å². The number of fused-ring (bicyclic) bond motifs is 1. The van der Waals surface area contributed by atoms with Crippen LogP contribution in [0.15, 0.2) is 88.3 Å². The summed E-state index contributed by atoms with van der Waals surface area (Å²) in [5.41, 5.74) is 4.69. The van der Waals surface area contributed by atoms with Crippen LogP contribution in [0, 0.1) is 0 Å². The van der Waals surface area contributed by atoms with E-state index in [9.17, 15) is 4.79 Å². The van der Waals surface area contributed by atoms with Gasteiger partial charge in [0.2, 0.25) is 0 Å². The summed E-state index contributed by atoms with van der Waals surface area (Å²) in [7, 11) is 0. The molecular formula is C22H16N4OS2. The molecule has 0 aliphatic heterocycles. The first kappa shape index (κ1) is 17.9. The number of aromatic amines is 1. The summed E-state index contributed by atoms with van der Waals surface area (Å²) in [6.45, 7) is 0. The van der Waals surface area contributed by atoms with E-state index < -0.39 is 0 Å². The van der Waals surface area contributed by atoms with Crippen molar-refractivity contribution in [2.45, 2.75) is 10.8 Å². The Labute approximate surface area is 175 Å². The molecule has 0 unspecified atom stereocenters. The highest BCUT2D eigenvalue weighted by molar-refractivity contribution is 7.98. The van der Waals surface area contributed by atoms with E-state index in [1.165, 1.54) is 10.1 Å². The van der Waals surface area contributed by atoms with Crippen molar-refractivity contribution in [1.29, 1.82) is 0 Å². The number of hydrogen-bond donors (Lipinski definition) is 1. The molecule has 0 spiro atoms. The molecule has 5 rings (SSSR count). The molecule has 0 atom stereocenters. The Bertz CT molecular complexity index is 1320. The van der Waals surface area contributed by atoms with Crippen LogP contribution < -0.4 is 5.56 Å². The summed E-state index contributed by atoms with van der Waals surface area (Å²) >= 11 is 3.24. The quantitative estimate of drug-likeness (QED) is 0.405.